The van der Waals surface area contributed by atoms with Crippen molar-refractivity contribution < 1.29 is 42.9 Å². The maximum atomic E-state index is 12.9. The van der Waals surface area contributed by atoms with Gasteiger partial charge < -0.3 is 28.5 Å². The first-order valence-corrected chi connectivity index (χ1v) is 30.7. The molecule has 438 valence electrons. The molecule has 0 spiro atoms. The topological polar surface area (TPSA) is 108 Å². The van der Waals surface area contributed by atoms with Crippen molar-refractivity contribution in [2.75, 3.05) is 47.5 Å². The summed E-state index contributed by atoms with van der Waals surface area (Å²) >= 11 is 0. The number of allylic oxidation sites excluding steroid dienone is 20. The van der Waals surface area contributed by atoms with Crippen molar-refractivity contribution in [3.63, 3.8) is 0 Å². The van der Waals surface area contributed by atoms with Gasteiger partial charge in [0.05, 0.1) is 34.4 Å². The minimum Gasteiger partial charge on any atom is -0.477 e. The first-order valence-electron chi connectivity index (χ1n) is 30.7. The Bertz CT molecular complexity index is 1670. The number of esters is 2. The van der Waals surface area contributed by atoms with Crippen LogP contribution in [0.2, 0.25) is 0 Å². The van der Waals surface area contributed by atoms with Gasteiger partial charge in [-0.05, 0) is 103 Å². The van der Waals surface area contributed by atoms with Crippen molar-refractivity contribution in [3.05, 3.63) is 122 Å². The van der Waals surface area contributed by atoms with Crippen LogP contribution >= 0.6 is 0 Å². The molecule has 0 aliphatic heterocycles. The SMILES string of the molecule is CC/C=C\C/C=C\C/C=C\C/C=C\C/C=C\C/C=C\CCCCCCCCCCCCCCCCC(=O)OC(COC(=O)CCCCCCCC/C=C\C/C=C\C/C=C\C/C=C\CC)COC(OCC[N+](C)(C)C)C(=O)O. The van der Waals surface area contributed by atoms with E-state index < -0.39 is 24.3 Å². The Balaban J connectivity index is 4.20. The molecule has 0 bridgehead atoms. The van der Waals surface area contributed by atoms with Gasteiger partial charge in [0.2, 0.25) is 0 Å². The summed E-state index contributed by atoms with van der Waals surface area (Å²) in [7, 11) is 5.96. The van der Waals surface area contributed by atoms with E-state index in [0.717, 1.165) is 122 Å². The molecule has 9 heteroatoms. The number of quaternary nitrogens is 1. The molecule has 0 aromatic heterocycles. The summed E-state index contributed by atoms with van der Waals surface area (Å²) < 4.78 is 22.9. The van der Waals surface area contributed by atoms with Crippen LogP contribution in [0.5, 0.6) is 0 Å². The highest BCUT2D eigenvalue weighted by atomic mass is 16.7. The van der Waals surface area contributed by atoms with E-state index >= 15 is 0 Å². The molecule has 0 amide bonds. The Morgan fingerprint density at radius 1 is 0.390 bits per heavy atom. The minimum absolute atomic E-state index is 0.179. The molecule has 0 saturated carbocycles. The van der Waals surface area contributed by atoms with Crippen LogP contribution in [0.4, 0.5) is 0 Å². The molecule has 0 fully saturated rings. The van der Waals surface area contributed by atoms with Gasteiger partial charge >= 0.3 is 17.9 Å². The average Bonchev–Trinajstić information content (AvgIpc) is 3.40. The van der Waals surface area contributed by atoms with Crippen molar-refractivity contribution in [2.24, 2.45) is 0 Å². The summed E-state index contributed by atoms with van der Waals surface area (Å²) in [5.74, 6) is -2.03. The smallest absolute Gasteiger partial charge is 0.361 e. The highest BCUT2D eigenvalue weighted by Crippen LogP contribution is 2.16. The molecular formula is C68H114NO8+. The number of nitrogens with zero attached hydrogens (tertiary/aromatic N) is 1. The number of likely N-dealkylation sites (N-methyl/N-ethyl adjacent to an activating group) is 1. The summed E-state index contributed by atoms with van der Waals surface area (Å²) in [4.78, 5) is 37.5. The predicted octanol–water partition coefficient (Wildman–Crippen LogP) is 18.5. The standard InChI is InChI=1S/C68H113NO8/c1-6-8-10-12-14-16-18-20-22-24-26-27-28-29-30-31-32-33-34-35-36-37-38-39-41-43-45-47-49-51-53-55-57-59-66(71)77-64(63-76-68(67(72)73)74-61-60-69(3,4)5)62-75-65(70)58-56-54-52-50-48-46-44-42-40-25-23-21-19-17-15-13-11-9-7-2/h8-11,14-17,20-23,26-27,29-30,32-33,40,42,64,68H,6-7,12-13,18-19,24-25,28,31,34-39,41,43-63H2,1-5H3/p+1/b10-8-,11-9-,16-14-,17-15-,22-20-,23-21-,27-26-,30-29-,33-32-,42-40-. The lowest BCUT2D eigenvalue weighted by atomic mass is 10.0. The fourth-order valence-electron chi connectivity index (χ4n) is 8.07. The van der Waals surface area contributed by atoms with Gasteiger partial charge in [-0.2, -0.15) is 0 Å². The molecule has 0 radical (unpaired) electrons. The molecule has 0 aliphatic rings. The highest BCUT2D eigenvalue weighted by molar-refractivity contribution is 5.71. The number of hydrogen-bond donors (Lipinski definition) is 1. The van der Waals surface area contributed by atoms with E-state index in [1.54, 1.807) is 0 Å². The van der Waals surface area contributed by atoms with Crippen LogP contribution in [-0.2, 0) is 33.3 Å². The molecule has 0 aromatic rings. The van der Waals surface area contributed by atoms with Crippen LogP contribution < -0.4 is 0 Å². The number of hydrogen-bond acceptors (Lipinski definition) is 7. The number of rotatable bonds is 55. The van der Waals surface area contributed by atoms with Gasteiger partial charge in [0, 0.05) is 12.8 Å². The fourth-order valence-corrected chi connectivity index (χ4v) is 8.07. The number of carboxylic acids is 1. The number of aliphatic carboxylic acids is 1. The molecule has 0 aliphatic carbocycles. The van der Waals surface area contributed by atoms with Gasteiger partial charge in [-0.3, -0.25) is 9.59 Å². The highest BCUT2D eigenvalue weighted by Gasteiger charge is 2.25. The normalized spacial score (nSPS) is 13.6. The Kier molecular flexibility index (Phi) is 54.6. The van der Waals surface area contributed by atoms with Gasteiger partial charge in [-0.15, -0.1) is 0 Å². The molecule has 0 aromatic carbocycles. The molecule has 77 heavy (non-hydrogen) atoms. The molecule has 9 nitrogen and oxygen atoms in total. The zero-order chi connectivity index (χ0) is 56.2. The summed E-state index contributed by atoms with van der Waals surface area (Å²) in [6.45, 7) is 4.63. The van der Waals surface area contributed by atoms with E-state index in [-0.39, 0.29) is 38.6 Å². The monoisotopic (exact) mass is 1070 g/mol. The number of carboxylic acid groups (broad SMARTS) is 1. The van der Waals surface area contributed by atoms with E-state index in [9.17, 15) is 19.5 Å². The summed E-state index contributed by atoms with van der Waals surface area (Å²) in [5, 5.41) is 9.71. The maximum absolute atomic E-state index is 12.9. The lowest BCUT2D eigenvalue weighted by molar-refractivity contribution is -0.870. The number of ether oxygens (including phenoxy) is 4. The van der Waals surface area contributed by atoms with Gasteiger partial charge in [0.25, 0.3) is 6.29 Å². The van der Waals surface area contributed by atoms with Crippen molar-refractivity contribution in [2.45, 2.75) is 245 Å². The zero-order valence-corrected chi connectivity index (χ0v) is 49.8. The van der Waals surface area contributed by atoms with Crippen LogP contribution in [0.3, 0.4) is 0 Å². The quantitative estimate of drug-likeness (QED) is 0.0211. The van der Waals surface area contributed by atoms with Crippen molar-refractivity contribution in [1.82, 2.24) is 0 Å². The van der Waals surface area contributed by atoms with E-state index in [1.165, 1.54) is 77.0 Å². The van der Waals surface area contributed by atoms with E-state index in [0.29, 0.717) is 17.4 Å². The van der Waals surface area contributed by atoms with E-state index in [2.05, 4.69) is 135 Å². The average molecular weight is 1070 g/mol. The lowest BCUT2D eigenvalue weighted by Crippen LogP contribution is -2.40. The van der Waals surface area contributed by atoms with E-state index in [4.69, 9.17) is 18.9 Å². The second kappa shape index (κ2) is 57.9. The Hall–Kier alpha value is -4.31. The zero-order valence-electron chi connectivity index (χ0n) is 49.8. The lowest BCUT2D eigenvalue weighted by Gasteiger charge is -2.25. The van der Waals surface area contributed by atoms with Crippen LogP contribution in [0.1, 0.15) is 232 Å². The predicted molar refractivity (Wildman–Crippen MR) is 327 cm³/mol. The molecule has 0 heterocycles. The fraction of sp³-hybridized carbons (Fsp3) is 0.662. The largest absolute Gasteiger partial charge is 0.477 e. The van der Waals surface area contributed by atoms with Gasteiger partial charge in [-0.25, -0.2) is 4.79 Å². The van der Waals surface area contributed by atoms with Gasteiger partial charge in [-0.1, -0.05) is 238 Å². The molecule has 0 saturated heterocycles. The van der Waals surface area contributed by atoms with Gasteiger partial charge in [0.1, 0.15) is 13.2 Å². The summed E-state index contributed by atoms with van der Waals surface area (Å²) in [5.41, 5.74) is 0. The van der Waals surface area contributed by atoms with Crippen LogP contribution in [-0.4, -0.2) is 87.4 Å². The molecule has 2 atom stereocenters. The molecule has 2 unspecified atom stereocenters. The van der Waals surface area contributed by atoms with Crippen molar-refractivity contribution in [3.8, 4) is 0 Å². The van der Waals surface area contributed by atoms with Gasteiger partial charge in [0.15, 0.2) is 6.10 Å². The van der Waals surface area contributed by atoms with Crippen molar-refractivity contribution in [1.29, 1.82) is 0 Å². The minimum atomic E-state index is -1.52. The number of unbranched alkanes of at least 4 members (excludes halogenated alkanes) is 20. The maximum Gasteiger partial charge on any atom is 0.361 e. The molecule has 0 rings (SSSR count). The summed E-state index contributed by atoms with van der Waals surface area (Å²) in [6, 6.07) is 0. The van der Waals surface area contributed by atoms with Crippen molar-refractivity contribution >= 4 is 17.9 Å². The Morgan fingerprint density at radius 3 is 1.04 bits per heavy atom. The third kappa shape index (κ3) is 59.2. The number of carbonyl (C=O) groups is 3. The third-order valence-corrected chi connectivity index (χ3v) is 12.7. The molecular weight excluding hydrogens is 959 g/mol. The van der Waals surface area contributed by atoms with Crippen LogP contribution in [0.15, 0.2) is 122 Å². The second-order valence-corrected chi connectivity index (χ2v) is 21.2. The Morgan fingerprint density at radius 2 is 0.701 bits per heavy atom. The van der Waals surface area contributed by atoms with Crippen LogP contribution in [0, 0.1) is 0 Å². The second-order valence-electron chi connectivity index (χ2n) is 21.2. The molecule has 1 N–H and O–H groups in total. The Labute approximate surface area is 472 Å². The first kappa shape index (κ1) is 72.7. The van der Waals surface area contributed by atoms with E-state index in [1.807, 2.05) is 21.1 Å². The first-order chi connectivity index (χ1) is 37.6. The van der Waals surface area contributed by atoms with Crippen LogP contribution in [0.25, 0.3) is 0 Å². The number of carbonyl (C=O) groups excluding carboxylic acids is 2. The summed E-state index contributed by atoms with van der Waals surface area (Å²) in [6.07, 6.45) is 78.5. The third-order valence-electron chi connectivity index (χ3n) is 12.7.